The first-order chi connectivity index (χ1) is 12.7. The van der Waals surface area contributed by atoms with E-state index in [0.717, 1.165) is 4.88 Å². The number of hydrogen-bond donors (Lipinski definition) is 1. The van der Waals surface area contributed by atoms with Gasteiger partial charge < -0.3 is 19.3 Å². The molecule has 1 aromatic carbocycles. The maximum atomic E-state index is 12.2. The second-order valence-corrected chi connectivity index (χ2v) is 6.37. The number of benzene rings is 1. The lowest BCUT2D eigenvalue weighted by molar-refractivity contribution is 0.0952. The minimum absolute atomic E-state index is 0.171. The Morgan fingerprint density at radius 1 is 1.23 bits per heavy atom. The Kier molecular flexibility index (Phi) is 5.85. The molecule has 0 spiro atoms. The number of rotatable bonds is 8. The predicted molar refractivity (Wildman–Crippen MR) is 97.8 cm³/mol. The summed E-state index contributed by atoms with van der Waals surface area (Å²) in [4.78, 5) is 17.6. The highest BCUT2D eigenvalue weighted by atomic mass is 32.1. The highest BCUT2D eigenvalue weighted by molar-refractivity contribution is 7.13. The monoisotopic (exact) mass is 373 g/mol. The summed E-state index contributed by atoms with van der Waals surface area (Å²) in [6.07, 6.45) is 1.30. The highest BCUT2D eigenvalue weighted by Crippen LogP contribution is 2.27. The van der Waals surface area contributed by atoms with Crippen LogP contribution in [0.3, 0.4) is 0 Å². The summed E-state index contributed by atoms with van der Waals surface area (Å²) in [6.45, 7) is 0.504. The van der Waals surface area contributed by atoms with Gasteiger partial charge in [0.1, 0.15) is 0 Å². The molecule has 8 heteroatoms. The zero-order valence-corrected chi connectivity index (χ0v) is 15.3. The Morgan fingerprint density at radius 2 is 2.08 bits per heavy atom. The van der Waals surface area contributed by atoms with Crippen LogP contribution in [-0.4, -0.2) is 36.8 Å². The summed E-state index contributed by atoms with van der Waals surface area (Å²) in [5, 5.41) is 8.80. The van der Waals surface area contributed by atoms with E-state index in [0.29, 0.717) is 48.2 Å². The van der Waals surface area contributed by atoms with Crippen LogP contribution in [-0.2, 0) is 6.42 Å². The Labute approximate surface area is 154 Å². The zero-order valence-electron chi connectivity index (χ0n) is 14.5. The van der Waals surface area contributed by atoms with Gasteiger partial charge in [0, 0.05) is 18.5 Å². The number of nitrogens with zero attached hydrogens (tertiary/aromatic N) is 2. The van der Waals surface area contributed by atoms with Gasteiger partial charge in [0.2, 0.25) is 11.7 Å². The van der Waals surface area contributed by atoms with Gasteiger partial charge in [-0.05, 0) is 36.1 Å². The number of ether oxygens (including phenoxy) is 2. The highest BCUT2D eigenvalue weighted by Gasteiger charge is 2.11. The molecule has 0 aliphatic rings. The fraction of sp³-hybridized carbons (Fsp3) is 0.278. The molecule has 2 heterocycles. The fourth-order valence-corrected chi connectivity index (χ4v) is 3.03. The fourth-order valence-electron chi connectivity index (χ4n) is 2.38. The molecular weight excluding hydrogens is 354 g/mol. The first kappa shape index (κ1) is 17.9. The smallest absolute Gasteiger partial charge is 0.251 e. The van der Waals surface area contributed by atoms with E-state index in [1.807, 2.05) is 17.5 Å². The molecule has 3 rings (SSSR count). The van der Waals surface area contributed by atoms with Gasteiger partial charge in [-0.1, -0.05) is 11.2 Å². The molecule has 0 saturated carbocycles. The van der Waals surface area contributed by atoms with Gasteiger partial charge in [-0.3, -0.25) is 4.79 Å². The van der Waals surface area contributed by atoms with Gasteiger partial charge in [0.05, 0.1) is 19.1 Å². The zero-order chi connectivity index (χ0) is 18.4. The molecule has 1 N–H and O–H groups in total. The summed E-state index contributed by atoms with van der Waals surface area (Å²) in [5.74, 6) is 2.10. The standard InChI is InChI=1S/C18H19N3O4S/c1-23-13-8-7-12(11-14(13)24-2)18(22)19-9-3-6-16-20-17(21-25-16)15-5-4-10-26-15/h4-5,7-8,10-11H,3,6,9H2,1-2H3,(H,19,22). The average molecular weight is 373 g/mol. The Morgan fingerprint density at radius 3 is 2.81 bits per heavy atom. The molecule has 0 bridgehead atoms. The van der Waals surface area contributed by atoms with E-state index in [1.165, 1.54) is 7.11 Å². The molecular formula is C18H19N3O4S. The predicted octanol–water partition coefficient (Wildman–Crippen LogP) is 3.18. The van der Waals surface area contributed by atoms with Gasteiger partial charge in [-0.2, -0.15) is 4.98 Å². The minimum Gasteiger partial charge on any atom is -0.493 e. The lowest BCUT2D eigenvalue weighted by Crippen LogP contribution is -2.24. The number of amides is 1. The molecule has 0 saturated heterocycles. The molecule has 2 aromatic heterocycles. The summed E-state index contributed by atoms with van der Waals surface area (Å²) in [5.41, 5.74) is 0.514. The maximum absolute atomic E-state index is 12.2. The molecule has 0 fully saturated rings. The quantitative estimate of drug-likeness (QED) is 0.610. The van der Waals surface area contributed by atoms with Crippen molar-refractivity contribution in [2.45, 2.75) is 12.8 Å². The SMILES string of the molecule is COc1ccc(C(=O)NCCCc2nc(-c3cccs3)no2)cc1OC. The van der Waals surface area contributed by atoms with Crippen molar-refractivity contribution in [2.75, 3.05) is 20.8 Å². The van der Waals surface area contributed by atoms with Gasteiger partial charge in [-0.25, -0.2) is 0 Å². The van der Waals surface area contributed by atoms with Gasteiger partial charge in [-0.15, -0.1) is 11.3 Å². The number of carbonyl (C=O) groups excluding carboxylic acids is 1. The maximum Gasteiger partial charge on any atom is 0.251 e. The van der Waals surface area contributed by atoms with Crippen LogP contribution in [0.15, 0.2) is 40.2 Å². The molecule has 3 aromatic rings. The number of hydrogen-bond acceptors (Lipinski definition) is 7. The Hall–Kier alpha value is -2.87. The lowest BCUT2D eigenvalue weighted by Gasteiger charge is -2.09. The van der Waals surface area contributed by atoms with Crippen molar-refractivity contribution in [2.24, 2.45) is 0 Å². The van der Waals surface area contributed by atoms with Crippen molar-refractivity contribution >= 4 is 17.2 Å². The normalized spacial score (nSPS) is 10.5. The first-order valence-corrected chi connectivity index (χ1v) is 8.96. The van der Waals surface area contributed by atoms with Crippen LogP contribution in [0, 0.1) is 0 Å². The van der Waals surface area contributed by atoms with E-state index >= 15 is 0 Å². The molecule has 0 atom stereocenters. The van der Waals surface area contributed by atoms with Crippen LogP contribution in [0.2, 0.25) is 0 Å². The van der Waals surface area contributed by atoms with Crippen molar-refractivity contribution in [3.63, 3.8) is 0 Å². The number of thiophene rings is 1. The molecule has 0 aliphatic heterocycles. The first-order valence-electron chi connectivity index (χ1n) is 8.08. The van der Waals surface area contributed by atoms with Crippen molar-refractivity contribution in [1.82, 2.24) is 15.5 Å². The van der Waals surface area contributed by atoms with E-state index in [-0.39, 0.29) is 5.91 Å². The van der Waals surface area contributed by atoms with Crippen molar-refractivity contribution in [1.29, 1.82) is 0 Å². The lowest BCUT2D eigenvalue weighted by atomic mass is 10.2. The van der Waals surface area contributed by atoms with Crippen molar-refractivity contribution < 1.29 is 18.8 Å². The molecule has 7 nitrogen and oxygen atoms in total. The summed E-state index contributed by atoms with van der Waals surface area (Å²) >= 11 is 1.56. The van der Waals surface area contributed by atoms with Gasteiger partial charge in [0.15, 0.2) is 11.5 Å². The third-order valence-electron chi connectivity index (χ3n) is 3.71. The number of aryl methyl sites for hydroxylation is 1. The van der Waals surface area contributed by atoms with Crippen molar-refractivity contribution in [3.05, 3.63) is 47.2 Å². The number of nitrogens with one attached hydrogen (secondary N) is 1. The topological polar surface area (TPSA) is 86.5 Å². The third-order valence-corrected chi connectivity index (χ3v) is 4.57. The van der Waals surface area contributed by atoms with E-state index in [9.17, 15) is 4.79 Å². The number of methoxy groups -OCH3 is 2. The summed E-state index contributed by atoms with van der Waals surface area (Å²) in [6, 6.07) is 8.95. The van der Waals surface area contributed by atoms with E-state index in [1.54, 1.807) is 36.6 Å². The number of carbonyl (C=O) groups is 1. The Balaban J connectivity index is 1.48. The third kappa shape index (κ3) is 4.20. The van der Waals surface area contributed by atoms with Crippen molar-refractivity contribution in [3.8, 4) is 22.2 Å². The minimum atomic E-state index is -0.171. The molecule has 1 amide bonds. The summed E-state index contributed by atoms with van der Waals surface area (Å²) in [7, 11) is 3.09. The second-order valence-electron chi connectivity index (χ2n) is 5.42. The average Bonchev–Trinajstić information content (AvgIpc) is 3.36. The molecule has 0 radical (unpaired) electrons. The van der Waals surface area contributed by atoms with E-state index < -0.39 is 0 Å². The van der Waals surface area contributed by atoms with Gasteiger partial charge in [0.25, 0.3) is 5.91 Å². The summed E-state index contributed by atoms with van der Waals surface area (Å²) < 4.78 is 15.6. The Bertz CT molecular complexity index is 861. The molecule has 136 valence electrons. The van der Waals surface area contributed by atoms with Crippen LogP contribution < -0.4 is 14.8 Å². The van der Waals surface area contributed by atoms with Crippen LogP contribution >= 0.6 is 11.3 Å². The van der Waals surface area contributed by atoms with E-state index in [4.69, 9.17) is 14.0 Å². The molecule has 0 unspecified atom stereocenters. The number of aromatic nitrogens is 2. The van der Waals surface area contributed by atoms with E-state index in [2.05, 4.69) is 15.5 Å². The van der Waals surface area contributed by atoms with Gasteiger partial charge >= 0.3 is 0 Å². The van der Waals surface area contributed by atoms with Crippen LogP contribution in [0.5, 0.6) is 11.5 Å². The molecule has 26 heavy (non-hydrogen) atoms. The largest absolute Gasteiger partial charge is 0.493 e. The van der Waals surface area contributed by atoms with Crippen LogP contribution in [0.25, 0.3) is 10.7 Å². The second kappa shape index (κ2) is 8.48. The molecule has 0 aliphatic carbocycles. The van der Waals surface area contributed by atoms with Crippen LogP contribution in [0.4, 0.5) is 0 Å². The van der Waals surface area contributed by atoms with Crippen LogP contribution in [0.1, 0.15) is 22.7 Å².